The zero-order chi connectivity index (χ0) is 15.4. The van der Waals surface area contributed by atoms with E-state index in [0.29, 0.717) is 18.2 Å². The van der Waals surface area contributed by atoms with E-state index < -0.39 is 0 Å². The quantitative estimate of drug-likeness (QED) is 0.806. The van der Waals surface area contributed by atoms with Crippen molar-refractivity contribution in [2.24, 2.45) is 0 Å². The molecule has 2 N–H and O–H groups in total. The van der Waals surface area contributed by atoms with E-state index in [4.69, 9.17) is 4.98 Å². The van der Waals surface area contributed by atoms with Crippen LogP contribution in [-0.2, 0) is 6.54 Å². The topological polar surface area (TPSA) is 37.0 Å². The lowest BCUT2D eigenvalue weighted by atomic mass is 9.99. The number of thiazole rings is 1. The molecule has 0 amide bonds. The van der Waals surface area contributed by atoms with Crippen molar-refractivity contribution in [1.29, 1.82) is 0 Å². The van der Waals surface area contributed by atoms with Gasteiger partial charge in [-0.3, -0.25) is 0 Å². The Morgan fingerprint density at radius 3 is 2.95 bits per heavy atom. The second-order valence-electron chi connectivity index (χ2n) is 5.40. The van der Waals surface area contributed by atoms with Gasteiger partial charge in [-0.25, -0.2) is 9.37 Å². The van der Waals surface area contributed by atoms with Crippen LogP contribution in [0.25, 0.3) is 0 Å². The van der Waals surface area contributed by atoms with Crippen molar-refractivity contribution < 1.29 is 4.39 Å². The summed E-state index contributed by atoms with van der Waals surface area (Å²) in [5.41, 5.74) is 1.53. The van der Waals surface area contributed by atoms with E-state index in [9.17, 15) is 4.39 Å². The van der Waals surface area contributed by atoms with Crippen LogP contribution in [0.4, 0.5) is 10.1 Å². The molecule has 0 unspecified atom stereocenters. The Labute approximate surface area is 138 Å². The fraction of sp³-hybridized carbons (Fsp3) is 0.438. The maximum atomic E-state index is 13.9. The fourth-order valence-electron chi connectivity index (χ4n) is 2.61. The van der Waals surface area contributed by atoms with Crippen LogP contribution in [0.15, 0.2) is 28.5 Å². The SMILES string of the molecule is CSc1ccc(NCc2csc(C3CCNCC3)n2)c(F)c1. The lowest BCUT2D eigenvalue weighted by molar-refractivity contribution is 0.458. The third-order valence-electron chi connectivity index (χ3n) is 3.89. The average Bonchev–Trinajstić information content (AvgIpc) is 3.03. The van der Waals surface area contributed by atoms with Crippen LogP contribution in [-0.4, -0.2) is 24.3 Å². The number of halogens is 1. The Morgan fingerprint density at radius 1 is 1.41 bits per heavy atom. The first kappa shape index (κ1) is 15.8. The number of thioether (sulfide) groups is 1. The normalized spacial score (nSPS) is 15.9. The van der Waals surface area contributed by atoms with Crippen LogP contribution in [0.2, 0.25) is 0 Å². The summed E-state index contributed by atoms with van der Waals surface area (Å²) in [6.45, 7) is 2.71. The van der Waals surface area contributed by atoms with Gasteiger partial charge < -0.3 is 10.6 Å². The lowest BCUT2D eigenvalue weighted by Crippen LogP contribution is -2.26. The van der Waals surface area contributed by atoms with E-state index in [2.05, 4.69) is 16.0 Å². The van der Waals surface area contributed by atoms with Crippen molar-refractivity contribution in [3.05, 3.63) is 40.1 Å². The zero-order valence-corrected chi connectivity index (χ0v) is 14.2. The van der Waals surface area contributed by atoms with Gasteiger partial charge in [-0.05, 0) is 50.4 Å². The number of aromatic nitrogens is 1. The fourth-order valence-corrected chi connectivity index (χ4v) is 4.03. The van der Waals surface area contributed by atoms with E-state index in [1.54, 1.807) is 35.2 Å². The summed E-state index contributed by atoms with van der Waals surface area (Å²) >= 11 is 3.27. The molecule has 1 aromatic carbocycles. The molecule has 1 aliphatic heterocycles. The van der Waals surface area contributed by atoms with E-state index in [0.717, 1.165) is 36.5 Å². The molecular formula is C16H20FN3S2. The second-order valence-corrected chi connectivity index (χ2v) is 7.17. The summed E-state index contributed by atoms with van der Waals surface area (Å²) < 4.78 is 13.9. The van der Waals surface area contributed by atoms with Crippen molar-refractivity contribution in [3.63, 3.8) is 0 Å². The Hall–Kier alpha value is -1.11. The number of hydrogen-bond donors (Lipinski definition) is 2. The zero-order valence-electron chi connectivity index (χ0n) is 12.6. The van der Waals surface area contributed by atoms with Crippen molar-refractivity contribution in [3.8, 4) is 0 Å². The van der Waals surface area contributed by atoms with Gasteiger partial charge in [-0.15, -0.1) is 23.1 Å². The van der Waals surface area contributed by atoms with Crippen molar-refractivity contribution in [2.75, 3.05) is 24.7 Å². The highest BCUT2D eigenvalue weighted by molar-refractivity contribution is 7.98. The third-order valence-corrected chi connectivity index (χ3v) is 5.68. The van der Waals surface area contributed by atoms with Crippen molar-refractivity contribution in [1.82, 2.24) is 10.3 Å². The van der Waals surface area contributed by atoms with Crippen LogP contribution >= 0.6 is 23.1 Å². The molecule has 0 atom stereocenters. The van der Waals surface area contributed by atoms with Gasteiger partial charge in [0.25, 0.3) is 0 Å². The summed E-state index contributed by atoms with van der Waals surface area (Å²) in [6.07, 6.45) is 4.26. The highest BCUT2D eigenvalue weighted by Gasteiger charge is 2.18. The largest absolute Gasteiger partial charge is 0.377 e. The molecule has 0 saturated carbocycles. The smallest absolute Gasteiger partial charge is 0.147 e. The number of piperidine rings is 1. The van der Waals surface area contributed by atoms with Gasteiger partial charge in [0.15, 0.2) is 0 Å². The highest BCUT2D eigenvalue weighted by atomic mass is 32.2. The van der Waals surface area contributed by atoms with Gasteiger partial charge in [-0.2, -0.15) is 0 Å². The molecule has 22 heavy (non-hydrogen) atoms. The molecule has 0 spiro atoms. The minimum atomic E-state index is -0.208. The van der Waals surface area contributed by atoms with E-state index >= 15 is 0 Å². The molecule has 3 nitrogen and oxygen atoms in total. The van der Waals surface area contributed by atoms with Gasteiger partial charge in [0.05, 0.1) is 22.9 Å². The minimum absolute atomic E-state index is 0.208. The van der Waals surface area contributed by atoms with Crippen LogP contribution in [0.5, 0.6) is 0 Å². The highest BCUT2D eigenvalue weighted by Crippen LogP contribution is 2.28. The first-order valence-corrected chi connectivity index (χ1v) is 9.59. The van der Waals surface area contributed by atoms with Crippen molar-refractivity contribution >= 4 is 28.8 Å². The molecule has 6 heteroatoms. The van der Waals surface area contributed by atoms with Crippen LogP contribution in [0.3, 0.4) is 0 Å². The van der Waals surface area contributed by atoms with Gasteiger partial charge in [0.2, 0.25) is 0 Å². The molecule has 1 fully saturated rings. The summed E-state index contributed by atoms with van der Waals surface area (Å²) in [6, 6.07) is 5.29. The predicted octanol–water partition coefficient (Wildman–Crippen LogP) is 4.08. The number of benzene rings is 1. The molecule has 3 rings (SSSR count). The van der Waals surface area contributed by atoms with Gasteiger partial charge in [0.1, 0.15) is 5.82 Å². The number of hydrogen-bond acceptors (Lipinski definition) is 5. The molecule has 1 saturated heterocycles. The summed E-state index contributed by atoms with van der Waals surface area (Å²) in [5, 5.41) is 9.82. The maximum absolute atomic E-state index is 13.9. The van der Waals surface area contributed by atoms with Crippen LogP contribution in [0, 0.1) is 5.82 Å². The van der Waals surface area contributed by atoms with E-state index in [1.165, 1.54) is 5.01 Å². The van der Waals surface area contributed by atoms with Gasteiger partial charge >= 0.3 is 0 Å². The Balaban J connectivity index is 1.61. The molecular weight excluding hydrogens is 317 g/mol. The van der Waals surface area contributed by atoms with E-state index in [1.807, 2.05) is 12.3 Å². The van der Waals surface area contributed by atoms with E-state index in [-0.39, 0.29) is 5.82 Å². The van der Waals surface area contributed by atoms with Crippen LogP contribution < -0.4 is 10.6 Å². The molecule has 0 bridgehead atoms. The standard InChI is InChI=1S/C16H20FN3S2/c1-21-13-2-3-15(14(17)8-13)19-9-12-10-22-16(20-12)11-4-6-18-7-5-11/h2-3,8,10-11,18-19H,4-7,9H2,1H3. The van der Waals surface area contributed by atoms with Crippen LogP contribution in [0.1, 0.15) is 29.5 Å². The monoisotopic (exact) mass is 337 g/mol. The third kappa shape index (κ3) is 3.80. The minimum Gasteiger partial charge on any atom is -0.377 e. The number of nitrogens with one attached hydrogen (secondary N) is 2. The molecule has 2 aromatic rings. The summed E-state index contributed by atoms with van der Waals surface area (Å²) in [4.78, 5) is 5.65. The molecule has 1 aliphatic rings. The molecule has 1 aromatic heterocycles. The number of nitrogens with zero attached hydrogens (tertiary/aromatic N) is 1. The van der Waals surface area contributed by atoms with Gasteiger partial charge in [0, 0.05) is 16.2 Å². The van der Waals surface area contributed by atoms with Crippen molar-refractivity contribution in [2.45, 2.75) is 30.2 Å². The lowest BCUT2D eigenvalue weighted by Gasteiger charge is -2.20. The number of anilines is 1. The van der Waals surface area contributed by atoms with Gasteiger partial charge in [-0.1, -0.05) is 0 Å². The predicted molar refractivity (Wildman–Crippen MR) is 92.5 cm³/mol. The maximum Gasteiger partial charge on any atom is 0.147 e. The second kappa shape index (κ2) is 7.44. The average molecular weight is 337 g/mol. The Bertz CT molecular complexity index is 624. The number of rotatable bonds is 5. The molecule has 0 radical (unpaired) electrons. The molecule has 0 aliphatic carbocycles. The first-order chi connectivity index (χ1) is 10.8. The Morgan fingerprint density at radius 2 is 2.23 bits per heavy atom. The Kier molecular flexibility index (Phi) is 5.33. The first-order valence-electron chi connectivity index (χ1n) is 7.48. The molecule has 2 heterocycles. The molecule has 118 valence electrons. The summed E-state index contributed by atoms with van der Waals surface area (Å²) in [5.74, 6) is 0.373. The summed E-state index contributed by atoms with van der Waals surface area (Å²) in [7, 11) is 0.